The van der Waals surface area contributed by atoms with Gasteiger partial charge in [-0.25, -0.2) is 4.39 Å². The van der Waals surface area contributed by atoms with E-state index in [1.807, 2.05) is 16.7 Å². The maximum Gasteiger partial charge on any atom is 0.194 e. The molecular formula is C19H29FIN7. The number of aryl methyl sites for hydroxylation is 1. The molecule has 0 bridgehead atoms. The van der Waals surface area contributed by atoms with Crippen LogP contribution < -0.4 is 10.2 Å². The lowest BCUT2D eigenvalue weighted by atomic mass is 10.2. The van der Waals surface area contributed by atoms with E-state index in [1.165, 1.54) is 12.1 Å². The molecule has 2 aromatic rings. The fourth-order valence-electron chi connectivity index (χ4n) is 3.18. The van der Waals surface area contributed by atoms with Crippen LogP contribution in [0.1, 0.15) is 19.8 Å². The summed E-state index contributed by atoms with van der Waals surface area (Å²) >= 11 is 0. The molecule has 0 aliphatic carbocycles. The number of hydrogen-bond acceptors (Lipinski definition) is 4. The summed E-state index contributed by atoms with van der Waals surface area (Å²) in [5.41, 5.74) is 1.08. The summed E-state index contributed by atoms with van der Waals surface area (Å²) in [6, 6.07) is 6.74. The highest BCUT2D eigenvalue weighted by atomic mass is 127. The summed E-state index contributed by atoms with van der Waals surface area (Å²) in [6.07, 6.45) is 5.57. The molecule has 154 valence electrons. The molecule has 1 N–H and O–H groups in total. The van der Waals surface area contributed by atoms with Crippen LogP contribution in [-0.2, 0) is 6.54 Å². The van der Waals surface area contributed by atoms with Gasteiger partial charge in [-0.3, -0.25) is 4.99 Å². The Morgan fingerprint density at radius 3 is 2.39 bits per heavy atom. The molecule has 9 heteroatoms. The molecule has 7 nitrogen and oxygen atoms in total. The van der Waals surface area contributed by atoms with Crippen molar-refractivity contribution in [2.24, 2.45) is 4.99 Å². The highest BCUT2D eigenvalue weighted by Gasteiger charge is 2.19. The van der Waals surface area contributed by atoms with Gasteiger partial charge in [-0.05, 0) is 44.0 Å². The Bertz CT molecular complexity index is 698. The quantitative estimate of drug-likeness (QED) is 0.274. The molecule has 0 saturated carbocycles. The van der Waals surface area contributed by atoms with E-state index in [-0.39, 0.29) is 29.8 Å². The predicted molar refractivity (Wildman–Crippen MR) is 121 cm³/mol. The van der Waals surface area contributed by atoms with E-state index < -0.39 is 0 Å². The Morgan fingerprint density at radius 1 is 1.07 bits per heavy atom. The molecular weight excluding hydrogens is 472 g/mol. The average molecular weight is 501 g/mol. The lowest BCUT2D eigenvalue weighted by Crippen LogP contribution is -2.52. The predicted octanol–water partition coefficient (Wildman–Crippen LogP) is 2.60. The zero-order valence-corrected chi connectivity index (χ0v) is 18.6. The summed E-state index contributed by atoms with van der Waals surface area (Å²) in [5.74, 6) is 0.795. The van der Waals surface area contributed by atoms with Crippen molar-refractivity contribution in [3.8, 4) is 0 Å². The van der Waals surface area contributed by atoms with Gasteiger partial charge in [0.25, 0.3) is 0 Å². The molecule has 0 atom stereocenters. The minimum Gasteiger partial charge on any atom is -0.368 e. The Morgan fingerprint density at radius 2 is 1.75 bits per heavy atom. The number of unbranched alkanes of at least 4 members (excludes halogenated alkanes) is 1. The number of nitrogens with zero attached hydrogens (tertiary/aromatic N) is 6. The summed E-state index contributed by atoms with van der Waals surface area (Å²) in [6.45, 7) is 8.31. The van der Waals surface area contributed by atoms with E-state index in [0.717, 1.165) is 70.3 Å². The van der Waals surface area contributed by atoms with Crippen LogP contribution in [0.3, 0.4) is 0 Å². The van der Waals surface area contributed by atoms with E-state index in [0.29, 0.717) is 0 Å². The Hall–Kier alpha value is -1.91. The Balaban J connectivity index is 0.00000280. The number of benzene rings is 1. The monoisotopic (exact) mass is 501 g/mol. The topological polar surface area (TPSA) is 61.6 Å². The van der Waals surface area contributed by atoms with E-state index >= 15 is 0 Å². The summed E-state index contributed by atoms with van der Waals surface area (Å²) in [5, 5.41) is 11.0. The van der Waals surface area contributed by atoms with Gasteiger partial charge >= 0.3 is 0 Å². The zero-order valence-electron chi connectivity index (χ0n) is 16.3. The van der Waals surface area contributed by atoms with Crippen molar-refractivity contribution in [2.45, 2.75) is 26.3 Å². The third-order valence-corrected chi connectivity index (χ3v) is 4.66. The second kappa shape index (κ2) is 11.8. The van der Waals surface area contributed by atoms with Crippen LogP contribution in [0.4, 0.5) is 10.1 Å². The molecule has 1 fully saturated rings. The van der Waals surface area contributed by atoms with Crippen LogP contribution in [0.15, 0.2) is 41.9 Å². The number of aliphatic imine (C=N–C) groups is 1. The molecule has 1 saturated heterocycles. The largest absolute Gasteiger partial charge is 0.368 e. The highest BCUT2D eigenvalue weighted by molar-refractivity contribution is 14.0. The van der Waals surface area contributed by atoms with Crippen LogP contribution in [-0.4, -0.2) is 64.9 Å². The molecule has 1 aliphatic rings. The molecule has 1 aliphatic heterocycles. The summed E-state index contributed by atoms with van der Waals surface area (Å²) < 4.78 is 15.1. The summed E-state index contributed by atoms with van der Waals surface area (Å²) in [7, 11) is 0. The van der Waals surface area contributed by atoms with Gasteiger partial charge < -0.3 is 19.7 Å². The number of nitrogens with one attached hydrogen (secondary N) is 1. The van der Waals surface area contributed by atoms with Crippen molar-refractivity contribution in [3.63, 3.8) is 0 Å². The molecule has 0 unspecified atom stereocenters. The first-order valence-corrected chi connectivity index (χ1v) is 9.62. The van der Waals surface area contributed by atoms with Crippen molar-refractivity contribution < 1.29 is 4.39 Å². The fourth-order valence-corrected chi connectivity index (χ4v) is 3.18. The van der Waals surface area contributed by atoms with Gasteiger partial charge in [0, 0.05) is 51.5 Å². The van der Waals surface area contributed by atoms with Crippen molar-refractivity contribution in [2.75, 3.05) is 44.2 Å². The number of guanidine groups is 1. The first-order chi connectivity index (χ1) is 13.3. The van der Waals surface area contributed by atoms with Crippen molar-refractivity contribution in [1.82, 2.24) is 25.0 Å². The number of aromatic nitrogens is 3. The first kappa shape index (κ1) is 22.4. The van der Waals surface area contributed by atoms with E-state index in [4.69, 9.17) is 4.99 Å². The minimum absolute atomic E-state index is 0. The first-order valence-electron chi connectivity index (χ1n) is 9.62. The fraction of sp³-hybridized carbons (Fsp3) is 0.526. The number of hydrogen-bond donors (Lipinski definition) is 1. The van der Waals surface area contributed by atoms with Crippen molar-refractivity contribution >= 4 is 35.6 Å². The van der Waals surface area contributed by atoms with Crippen LogP contribution in [0.5, 0.6) is 0 Å². The second-order valence-corrected chi connectivity index (χ2v) is 6.59. The van der Waals surface area contributed by atoms with Gasteiger partial charge in [0.2, 0.25) is 0 Å². The molecule has 1 aromatic heterocycles. The smallest absolute Gasteiger partial charge is 0.194 e. The highest BCUT2D eigenvalue weighted by Crippen LogP contribution is 2.17. The number of anilines is 1. The standard InChI is InChI=1S/C19H28FN7.HI/c1-2-21-19(22-9-3-4-10-25-15-23-24-16-25)27-13-11-26(12-14-27)18-7-5-17(20)6-8-18;/h5-8,15-16H,2-4,9-14H2,1H3,(H,21,22);1H. The van der Waals surface area contributed by atoms with Crippen LogP contribution in [0.25, 0.3) is 0 Å². The molecule has 1 aromatic carbocycles. The molecule has 2 heterocycles. The second-order valence-electron chi connectivity index (χ2n) is 6.59. The summed E-state index contributed by atoms with van der Waals surface area (Å²) in [4.78, 5) is 9.39. The lowest BCUT2D eigenvalue weighted by Gasteiger charge is -2.37. The lowest BCUT2D eigenvalue weighted by molar-refractivity contribution is 0.372. The number of rotatable bonds is 7. The minimum atomic E-state index is -0.191. The maximum absolute atomic E-state index is 13.1. The van der Waals surface area contributed by atoms with Crippen LogP contribution in [0.2, 0.25) is 0 Å². The average Bonchev–Trinajstić information content (AvgIpc) is 3.21. The molecule has 0 amide bonds. The van der Waals surface area contributed by atoms with E-state index in [1.54, 1.807) is 12.7 Å². The van der Waals surface area contributed by atoms with Gasteiger partial charge in [-0.1, -0.05) is 0 Å². The third-order valence-electron chi connectivity index (χ3n) is 4.66. The van der Waals surface area contributed by atoms with Crippen LogP contribution in [0, 0.1) is 5.82 Å². The van der Waals surface area contributed by atoms with Gasteiger partial charge in [0.1, 0.15) is 18.5 Å². The molecule has 28 heavy (non-hydrogen) atoms. The molecule has 3 rings (SSSR count). The maximum atomic E-state index is 13.1. The Kier molecular flexibility index (Phi) is 9.45. The van der Waals surface area contributed by atoms with Crippen LogP contribution >= 0.6 is 24.0 Å². The molecule has 0 radical (unpaired) electrons. The van der Waals surface area contributed by atoms with Gasteiger partial charge in [0.05, 0.1) is 0 Å². The van der Waals surface area contributed by atoms with Gasteiger partial charge in [-0.2, -0.15) is 0 Å². The normalized spacial score (nSPS) is 14.7. The number of piperazine rings is 1. The van der Waals surface area contributed by atoms with Crippen molar-refractivity contribution in [3.05, 3.63) is 42.7 Å². The molecule has 0 spiro atoms. The van der Waals surface area contributed by atoms with Gasteiger partial charge in [0.15, 0.2) is 5.96 Å². The Labute approximate surface area is 183 Å². The zero-order chi connectivity index (χ0) is 18.9. The number of halogens is 2. The van der Waals surface area contributed by atoms with Gasteiger partial charge in [-0.15, -0.1) is 34.2 Å². The van der Waals surface area contributed by atoms with Crippen molar-refractivity contribution in [1.29, 1.82) is 0 Å². The third kappa shape index (κ3) is 6.61. The van der Waals surface area contributed by atoms with E-state index in [9.17, 15) is 4.39 Å². The SMILES string of the molecule is CCNC(=NCCCCn1cnnc1)N1CCN(c2ccc(F)cc2)CC1.I. The van der Waals surface area contributed by atoms with E-state index in [2.05, 4.69) is 32.2 Å².